The largest absolute Gasteiger partial charge is 0.435 e. The van der Waals surface area contributed by atoms with E-state index in [0.29, 0.717) is 17.4 Å². The smallest absolute Gasteiger partial charge is 0.235 e. The monoisotopic (exact) mass is 861 g/mol. The Labute approximate surface area is 387 Å². The van der Waals surface area contributed by atoms with Crippen molar-refractivity contribution in [1.82, 2.24) is 24.1 Å². The summed E-state index contributed by atoms with van der Waals surface area (Å²) < 4.78 is 11.5. The van der Waals surface area contributed by atoms with Gasteiger partial charge in [-0.25, -0.2) is 15.0 Å². The molecule has 0 saturated heterocycles. The number of aromatic nitrogens is 5. The highest BCUT2D eigenvalue weighted by Crippen LogP contribution is 2.43. The Balaban J connectivity index is 0.00000231. The zero-order valence-corrected chi connectivity index (χ0v) is 37.0. The van der Waals surface area contributed by atoms with Crippen LogP contribution in [-0.4, -0.2) is 24.1 Å². The lowest BCUT2D eigenvalue weighted by atomic mass is 10.0. The summed E-state index contributed by atoms with van der Waals surface area (Å²) in [5.41, 5.74) is 15.7. The number of fused-ring (bicyclic) bond motifs is 8. The van der Waals surface area contributed by atoms with Crippen molar-refractivity contribution in [3.63, 3.8) is 0 Å². The van der Waals surface area contributed by atoms with Crippen LogP contribution in [0.4, 0.5) is 0 Å². The summed E-state index contributed by atoms with van der Waals surface area (Å²) in [6, 6.07) is 78.5. The van der Waals surface area contributed by atoms with Crippen LogP contribution >= 0.6 is 0 Å². The highest BCUT2D eigenvalue weighted by atomic mass is 16.3. The van der Waals surface area contributed by atoms with Crippen molar-refractivity contribution in [1.29, 1.82) is 0 Å². The number of hydrogen-bond donors (Lipinski definition) is 0. The van der Waals surface area contributed by atoms with E-state index in [2.05, 4.69) is 191 Å². The number of nitrogens with zero attached hydrogens (tertiary/aromatic N) is 5. The van der Waals surface area contributed by atoms with Gasteiger partial charge in [0.2, 0.25) is 11.8 Å². The number of hydrogen-bond acceptors (Lipinski definition) is 4. The minimum absolute atomic E-state index is 0.549. The maximum absolute atomic E-state index is 6.82. The molecule has 0 aliphatic heterocycles. The van der Waals surface area contributed by atoms with Crippen LogP contribution in [0.3, 0.4) is 0 Å². The van der Waals surface area contributed by atoms with Crippen molar-refractivity contribution in [3.05, 3.63) is 224 Å². The summed E-state index contributed by atoms with van der Waals surface area (Å²) in [7, 11) is 0. The van der Waals surface area contributed by atoms with Gasteiger partial charge in [-0.15, -0.1) is 0 Å². The van der Waals surface area contributed by atoms with Crippen molar-refractivity contribution in [2.45, 2.75) is 13.8 Å². The van der Waals surface area contributed by atoms with Gasteiger partial charge < -0.3 is 8.98 Å². The molecule has 0 amide bonds. The zero-order valence-electron chi connectivity index (χ0n) is 37.0. The molecule has 0 aliphatic carbocycles. The van der Waals surface area contributed by atoms with Gasteiger partial charge in [0, 0.05) is 32.8 Å². The van der Waals surface area contributed by atoms with Gasteiger partial charge in [-0.05, 0) is 82.9 Å². The van der Waals surface area contributed by atoms with Crippen LogP contribution < -0.4 is 0 Å². The molecule has 6 heteroatoms. The van der Waals surface area contributed by atoms with E-state index in [4.69, 9.17) is 19.4 Å². The minimum atomic E-state index is 0.549. The van der Waals surface area contributed by atoms with Gasteiger partial charge >= 0.3 is 0 Å². The van der Waals surface area contributed by atoms with Gasteiger partial charge in [-0.2, -0.15) is 0 Å². The average Bonchev–Trinajstić information content (AvgIpc) is 4.11. The van der Waals surface area contributed by atoms with Gasteiger partial charge in [0.1, 0.15) is 5.52 Å². The van der Waals surface area contributed by atoms with Gasteiger partial charge in [0.15, 0.2) is 5.58 Å². The van der Waals surface area contributed by atoms with Crippen LogP contribution in [0.5, 0.6) is 0 Å². The second-order valence-corrected chi connectivity index (χ2v) is 16.4. The van der Waals surface area contributed by atoms with E-state index in [1.165, 1.54) is 21.9 Å². The zero-order chi connectivity index (χ0) is 44.8. The van der Waals surface area contributed by atoms with Gasteiger partial charge in [0.25, 0.3) is 0 Å². The molecule has 9 aromatic carbocycles. The van der Waals surface area contributed by atoms with Crippen molar-refractivity contribution in [3.8, 4) is 67.9 Å². The fourth-order valence-corrected chi connectivity index (χ4v) is 9.58. The van der Waals surface area contributed by atoms with Crippen molar-refractivity contribution >= 4 is 54.7 Å². The Morgan fingerprint density at radius 1 is 0.358 bits per heavy atom. The summed E-state index contributed by atoms with van der Waals surface area (Å²) in [6.07, 6.45) is 0. The lowest BCUT2D eigenvalue weighted by Gasteiger charge is -2.15. The molecular formula is C61H43N5O. The molecule has 0 radical (unpaired) electrons. The third-order valence-electron chi connectivity index (χ3n) is 12.6. The van der Waals surface area contributed by atoms with E-state index in [1.807, 2.05) is 56.3 Å². The fourth-order valence-electron chi connectivity index (χ4n) is 9.58. The predicted molar refractivity (Wildman–Crippen MR) is 277 cm³/mol. The highest BCUT2D eigenvalue weighted by Gasteiger charge is 2.25. The van der Waals surface area contributed by atoms with Crippen LogP contribution in [0.25, 0.3) is 123 Å². The number of oxazole rings is 1. The van der Waals surface area contributed by atoms with E-state index in [0.717, 1.165) is 83.2 Å². The van der Waals surface area contributed by atoms with E-state index in [-0.39, 0.29) is 0 Å². The highest BCUT2D eigenvalue weighted by molar-refractivity contribution is 6.21. The first-order valence-corrected chi connectivity index (χ1v) is 22.9. The van der Waals surface area contributed by atoms with Crippen LogP contribution in [0.1, 0.15) is 13.8 Å². The lowest BCUT2D eigenvalue weighted by molar-refractivity contribution is 0.623. The van der Waals surface area contributed by atoms with Crippen molar-refractivity contribution in [2.24, 2.45) is 0 Å². The normalized spacial score (nSPS) is 11.4. The Bertz CT molecular complexity index is 3930. The molecule has 67 heavy (non-hydrogen) atoms. The first kappa shape index (κ1) is 39.7. The molecule has 0 aliphatic rings. The minimum Gasteiger partial charge on any atom is -0.435 e. The standard InChI is InChI=1S/C59H37N5O.C2H6/c1-5-17-38(18-6-1)42-25-15-26-44(35-42)50-37-49(40-21-9-3-10-22-40)61-59(62-50)64-53-34-32-48-57(65-58(60-48)41-23-11-4-12-24-41)55(53)46-28-16-30-54(56(46)64)63-51-29-14-13-27-45(51)47-36-43(31-33-52(47)63)39-19-7-2-8-20-39;1-2/h1-37H;1-2H3. The molecule has 0 fully saturated rings. The van der Waals surface area contributed by atoms with E-state index >= 15 is 0 Å². The molecule has 0 unspecified atom stereocenters. The number of para-hydroxylation sites is 2. The third-order valence-corrected chi connectivity index (χ3v) is 12.6. The van der Waals surface area contributed by atoms with Crippen molar-refractivity contribution in [2.75, 3.05) is 0 Å². The summed E-state index contributed by atoms with van der Waals surface area (Å²) in [4.78, 5) is 16.0. The fraction of sp³-hybridized carbons (Fsp3) is 0.0328. The second kappa shape index (κ2) is 16.6. The maximum Gasteiger partial charge on any atom is 0.235 e. The van der Waals surface area contributed by atoms with Crippen molar-refractivity contribution < 1.29 is 4.42 Å². The van der Waals surface area contributed by atoms with Crippen LogP contribution in [0.2, 0.25) is 0 Å². The SMILES string of the molecule is CC.c1ccc(-c2cccc(-c3cc(-c4ccccc4)nc(-n4c5ccc6nc(-c7ccccc7)oc6c5c5cccc(-n6c7ccccc7c7cc(-c8ccccc8)ccc76)c54)n3)c2)cc1. The summed E-state index contributed by atoms with van der Waals surface area (Å²) in [5.74, 6) is 1.12. The van der Waals surface area contributed by atoms with Gasteiger partial charge in [-0.1, -0.05) is 178 Å². The Kier molecular flexibility index (Phi) is 9.84. The number of rotatable bonds is 7. The quantitative estimate of drug-likeness (QED) is 0.160. The van der Waals surface area contributed by atoms with Crippen LogP contribution in [0, 0.1) is 0 Å². The Morgan fingerprint density at radius 3 is 1.61 bits per heavy atom. The molecule has 13 rings (SSSR count). The summed E-state index contributed by atoms with van der Waals surface area (Å²) >= 11 is 0. The van der Waals surface area contributed by atoms with E-state index in [9.17, 15) is 0 Å². The molecule has 6 nitrogen and oxygen atoms in total. The molecule has 13 aromatic rings. The first-order chi connectivity index (χ1) is 33.2. The maximum atomic E-state index is 6.82. The topological polar surface area (TPSA) is 61.7 Å². The molecule has 318 valence electrons. The molecule has 0 bridgehead atoms. The van der Waals surface area contributed by atoms with E-state index < -0.39 is 0 Å². The average molecular weight is 862 g/mol. The van der Waals surface area contributed by atoms with Crippen LogP contribution in [-0.2, 0) is 0 Å². The first-order valence-electron chi connectivity index (χ1n) is 22.9. The predicted octanol–water partition coefficient (Wildman–Crippen LogP) is 16.2. The third kappa shape index (κ3) is 6.77. The summed E-state index contributed by atoms with van der Waals surface area (Å²) in [6.45, 7) is 4.00. The van der Waals surface area contributed by atoms with Gasteiger partial charge in [-0.3, -0.25) is 4.57 Å². The second-order valence-electron chi connectivity index (χ2n) is 16.4. The summed E-state index contributed by atoms with van der Waals surface area (Å²) in [5, 5.41) is 4.30. The molecule has 0 spiro atoms. The number of benzene rings is 9. The van der Waals surface area contributed by atoms with Gasteiger partial charge in [0.05, 0.1) is 44.5 Å². The van der Waals surface area contributed by atoms with E-state index in [1.54, 1.807) is 0 Å². The molecule has 0 atom stereocenters. The molecule has 4 aromatic heterocycles. The lowest BCUT2D eigenvalue weighted by Crippen LogP contribution is -2.06. The van der Waals surface area contributed by atoms with Crippen LogP contribution in [0.15, 0.2) is 229 Å². The molecule has 0 saturated carbocycles. The molecule has 4 heterocycles. The Morgan fingerprint density at radius 2 is 0.896 bits per heavy atom. The Hall–Kier alpha value is -8.87. The molecular weight excluding hydrogens is 819 g/mol. The molecule has 0 N–H and O–H groups in total.